The number of alkyl halides is 3. The van der Waals surface area contributed by atoms with E-state index in [9.17, 15) is 23.1 Å². The minimum Gasteiger partial charge on any atom is -0.389 e. The van der Waals surface area contributed by atoms with E-state index in [4.69, 9.17) is 0 Å². The van der Waals surface area contributed by atoms with E-state index in [1.807, 2.05) is 0 Å². The van der Waals surface area contributed by atoms with Crippen molar-refractivity contribution in [2.45, 2.75) is 36.8 Å². The summed E-state index contributed by atoms with van der Waals surface area (Å²) in [6.07, 6.45) is 0. The summed E-state index contributed by atoms with van der Waals surface area (Å²) in [7, 11) is 0. The number of halogens is 3. The fraction of sp³-hybridized carbons (Fsp3) is 0.500. The fourth-order valence-corrected chi connectivity index (χ4v) is 2.32. The number of nitrogens with zero attached hydrogens (tertiary/aromatic N) is 1. The lowest BCUT2D eigenvalue weighted by Crippen LogP contribution is -2.42. The van der Waals surface area contributed by atoms with Crippen molar-refractivity contribution in [3.8, 4) is 0 Å². The summed E-state index contributed by atoms with van der Waals surface area (Å²) in [6.45, 7) is 5.51. The van der Waals surface area contributed by atoms with E-state index in [1.165, 1.54) is 29.2 Å². The smallest absolute Gasteiger partial charge is 0.389 e. The molecule has 1 aromatic rings. The highest BCUT2D eigenvalue weighted by Gasteiger charge is 2.29. The van der Waals surface area contributed by atoms with Gasteiger partial charge in [0, 0.05) is 23.5 Å². The Morgan fingerprint density at radius 2 is 1.76 bits per heavy atom. The molecule has 0 aliphatic carbocycles. The van der Waals surface area contributed by atoms with E-state index in [2.05, 4.69) is 0 Å². The van der Waals surface area contributed by atoms with Gasteiger partial charge in [-0.1, -0.05) is 0 Å². The Labute approximate surface area is 126 Å². The highest BCUT2D eigenvalue weighted by atomic mass is 32.2. The quantitative estimate of drug-likeness (QED) is 0.844. The third-order valence-electron chi connectivity index (χ3n) is 2.58. The molecule has 0 heterocycles. The van der Waals surface area contributed by atoms with Crippen molar-refractivity contribution in [3.63, 3.8) is 0 Å². The van der Waals surface area contributed by atoms with E-state index in [0.29, 0.717) is 12.1 Å². The van der Waals surface area contributed by atoms with Crippen molar-refractivity contribution in [2.75, 3.05) is 13.1 Å². The van der Waals surface area contributed by atoms with Gasteiger partial charge in [-0.3, -0.25) is 4.79 Å². The first-order valence-electron chi connectivity index (χ1n) is 6.39. The third-order valence-corrected chi connectivity index (χ3v) is 3.32. The Kier molecular flexibility index (Phi) is 5.69. The van der Waals surface area contributed by atoms with E-state index in [1.54, 1.807) is 20.8 Å². The van der Waals surface area contributed by atoms with Crippen molar-refractivity contribution < 1.29 is 23.1 Å². The Hall–Kier alpha value is -1.21. The first-order valence-corrected chi connectivity index (χ1v) is 7.21. The van der Waals surface area contributed by atoms with Crippen LogP contribution in [0.15, 0.2) is 29.2 Å². The van der Waals surface area contributed by atoms with Crippen molar-refractivity contribution >= 4 is 17.7 Å². The zero-order chi connectivity index (χ0) is 16.3. The van der Waals surface area contributed by atoms with Gasteiger partial charge in [-0.25, -0.2) is 0 Å². The maximum atomic E-state index is 12.2. The van der Waals surface area contributed by atoms with Crippen molar-refractivity contribution in [1.29, 1.82) is 0 Å². The second-order valence-electron chi connectivity index (χ2n) is 5.20. The summed E-state index contributed by atoms with van der Waals surface area (Å²) in [6, 6.07) is 5.26. The molecule has 0 spiro atoms. The molecule has 0 radical (unpaired) electrons. The number of likely N-dealkylation sites (N-methyl/N-ethyl adjacent to an activating group) is 1. The summed E-state index contributed by atoms with van der Waals surface area (Å²) < 4.78 is 36.7. The molecule has 1 aromatic carbocycles. The van der Waals surface area contributed by atoms with Gasteiger partial charge < -0.3 is 10.0 Å². The van der Waals surface area contributed by atoms with E-state index < -0.39 is 11.1 Å². The van der Waals surface area contributed by atoms with Crippen molar-refractivity contribution in [1.82, 2.24) is 4.90 Å². The number of aliphatic hydroxyl groups is 1. The molecular weight excluding hydrogens is 303 g/mol. The molecule has 0 aliphatic rings. The van der Waals surface area contributed by atoms with Gasteiger partial charge in [0.1, 0.15) is 0 Å². The van der Waals surface area contributed by atoms with Crippen LogP contribution >= 0.6 is 11.8 Å². The minimum absolute atomic E-state index is 0.0320. The monoisotopic (exact) mass is 321 g/mol. The van der Waals surface area contributed by atoms with Crippen LogP contribution in [0.5, 0.6) is 0 Å². The van der Waals surface area contributed by atoms with Crippen LogP contribution in [0.3, 0.4) is 0 Å². The number of carbonyl (C=O) groups is 1. The maximum absolute atomic E-state index is 12.2. The van der Waals surface area contributed by atoms with E-state index in [0.717, 1.165) is 0 Å². The van der Waals surface area contributed by atoms with Gasteiger partial charge in [0.25, 0.3) is 5.91 Å². The van der Waals surface area contributed by atoms with Crippen LogP contribution in [-0.4, -0.2) is 40.1 Å². The van der Waals surface area contributed by atoms with Crippen molar-refractivity contribution in [2.24, 2.45) is 0 Å². The van der Waals surface area contributed by atoms with Crippen LogP contribution < -0.4 is 0 Å². The minimum atomic E-state index is -4.35. The average molecular weight is 321 g/mol. The SMILES string of the molecule is CCN(CC(C)(C)O)C(=O)c1ccc(SC(F)(F)F)cc1. The summed E-state index contributed by atoms with van der Waals surface area (Å²) in [5.41, 5.74) is -5.08. The first kappa shape index (κ1) is 17.8. The topological polar surface area (TPSA) is 40.5 Å². The van der Waals surface area contributed by atoms with Gasteiger partial charge in [-0.2, -0.15) is 13.2 Å². The van der Waals surface area contributed by atoms with Crippen molar-refractivity contribution in [3.05, 3.63) is 29.8 Å². The van der Waals surface area contributed by atoms with Gasteiger partial charge in [-0.05, 0) is 56.8 Å². The number of hydrogen-bond acceptors (Lipinski definition) is 3. The van der Waals surface area contributed by atoms with Gasteiger partial charge in [0.2, 0.25) is 0 Å². The summed E-state index contributed by atoms with van der Waals surface area (Å²) in [5.74, 6) is -0.316. The molecule has 3 nitrogen and oxygen atoms in total. The maximum Gasteiger partial charge on any atom is 0.446 e. The highest BCUT2D eigenvalue weighted by Crippen LogP contribution is 2.36. The van der Waals surface area contributed by atoms with Crippen LogP contribution in [-0.2, 0) is 0 Å². The molecule has 0 atom stereocenters. The van der Waals surface area contributed by atoms with E-state index in [-0.39, 0.29) is 29.1 Å². The molecule has 0 aliphatic heterocycles. The van der Waals surface area contributed by atoms with Crippen LogP contribution in [0.2, 0.25) is 0 Å². The molecule has 21 heavy (non-hydrogen) atoms. The number of amides is 1. The van der Waals surface area contributed by atoms with E-state index >= 15 is 0 Å². The van der Waals surface area contributed by atoms with Crippen LogP contribution in [0.25, 0.3) is 0 Å². The lowest BCUT2D eigenvalue weighted by Gasteiger charge is -2.28. The summed E-state index contributed by atoms with van der Waals surface area (Å²) >= 11 is -0.220. The Morgan fingerprint density at radius 3 is 2.14 bits per heavy atom. The molecule has 1 N–H and O–H groups in total. The summed E-state index contributed by atoms with van der Waals surface area (Å²) in [5, 5.41) is 9.76. The van der Waals surface area contributed by atoms with Gasteiger partial charge in [0.05, 0.1) is 5.60 Å². The number of thioether (sulfide) groups is 1. The number of carbonyl (C=O) groups excluding carboxylic acids is 1. The zero-order valence-electron chi connectivity index (χ0n) is 12.1. The zero-order valence-corrected chi connectivity index (χ0v) is 12.9. The number of hydrogen-bond donors (Lipinski definition) is 1. The molecule has 0 bridgehead atoms. The Morgan fingerprint density at radius 1 is 1.24 bits per heavy atom. The normalized spacial score (nSPS) is 12.3. The van der Waals surface area contributed by atoms with Crippen LogP contribution in [0.4, 0.5) is 13.2 Å². The predicted molar refractivity (Wildman–Crippen MR) is 76.2 cm³/mol. The van der Waals surface area contributed by atoms with Gasteiger partial charge in [0.15, 0.2) is 0 Å². The molecule has 0 fully saturated rings. The fourth-order valence-electron chi connectivity index (χ4n) is 1.78. The lowest BCUT2D eigenvalue weighted by molar-refractivity contribution is -0.0328. The molecule has 0 unspecified atom stereocenters. The molecule has 0 aromatic heterocycles. The molecule has 0 saturated carbocycles. The molecular formula is C14H18F3NO2S. The van der Waals surface area contributed by atoms with Crippen LogP contribution in [0, 0.1) is 0 Å². The molecule has 1 rings (SSSR count). The standard InChI is InChI=1S/C14H18F3NO2S/c1-4-18(9-13(2,3)20)12(19)10-5-7-11(8-6-10)21-14(15,16)17/h5-8,20H,4,9H2,1-3H3. The lowest BCUT2D eigenvalue weighted by atomic mass is 10.1. The predicted octanol–water partition coefficient (Wildman–Crippen LogP) is 3.53. The Balaban J connectivity index is 2.83. The molecule has 0 saturated heterocycles. The van der Waals surface area contributed by atoms with Crippen LogP contribution in [0.1, 0.15) is 31.1 Å². The molecule has 118 valence electrons. The molecule has 7 heteroatoms. The van der Waals surface area contributed by atoms with Gasteiger partial charge in [-0.15, -0.1) is 0 Å². The average Bonchev–Trinajstić information content (AvgIpc) is 2.33. The number of benzene rings is 1. The second kappa shape index (κ2) is 6.70. The highest BCUT2D eigenvalue weighted by molar-refractivity contribution is 8.00. The molecule has 1 amide bonds. The number of rotatable bonds is 5. The third kappa shape index (κ3) is 6.39. The Bertz CT molecular complexity index is 480. The largest absolute Gasteiger partial charge is 0.446 e. The second-order valence-corrected chi connectivity index (χ2v) is 6.34. The first-order chi connectivity index (χ1) is 9.52. The summed E-state index contributed by atoms with van der Waals surface area (Å²) in [4.78, 5) is 13.7. The van der Waals surface area contributed by atoms with Gasteiger partial charge >= 0.3 is 5.51 Å².